The Bertz CT molecular complexity index is 2840. The van der Waals surface area contributed by atoms with Gasteiger partial charge in [0.15, 0.2) is 0 Å². The lowest BCUT2D eigenvalue weighted by Gasteiger charge is -2.32. The Morgan fingerprint density at radius 2 is 0.982 bits per heavy atom. The molecule has 274 valence electrons. The van der Waals surface area contributed by atoms with Crippen molar-refractivity contribution >= 4 is 49.8 Å². The van der Waals surface area contributed by atoms with Gasteiger partial charge in [-0.15, -0.1) is 0 Å². The van der Waals surface area contributed by atoms with Gasteiger partial charge in [-0.1, -0.05) is 169 Å². The summed E-state index contributed by atoms with van der Waals surface area (Å²) in [5, 5.41) is 4.74. The number of rotatable bonds is 6. The zero-order valence-corrected chi connectivity index (χ0v) is 33.1. The third-order valence-electron chi connectivity index (χ3n) is 11.1. The van der Waals surface area contributed by atoms with E-state index < -0.39 is 0 Å². The summed E-state index contributed by atoms with van der Waals surface area (Å²) in [6.07, 6.45) is 0. The van der Waals surface area contributed by atoms with Crippen LogP contribution in [0, 0.1) is 0 Å². The predicted molar refractivity (Wildman–Crippen MR) is 240 cm³/mol. The first-order valence-corrected chi connectivity index (χ1v) is 19.7. The van der Waals surface area contributed by atoms with E-state index in [-0.39, 0.29) is 10.8 Å². The quantitative estimate of drug-likeness (QED) is 0.170. The number of nitrogens with zero attached hydrogens (tertiary/aromatic N) is 1. The summed E-state index contributed by atoms with van der Waals surface area (Å²) in [5.74, 6) is 0. The fourth-order valence-electron chi connectivity index (χ4n) is 8.08. The van der Waals surface area contributed by atoms with Crippen molar-refractivity contribution < 1.29 is 4.42 Å². The first-order chi connectivity index (χ1) is 27.0. The number of anilines is 3. The maximum Gasteiger partial charge on any atom is 0.135 e. The van der Waals surface area contributed by atoms with Crippen LogP contribution in [0.4, 0.5) is 17.1 Å². The van der Waals surface area contributed by atoms with Gasteiger partial charge in [-0.3, -0.25) is 0 Å². The standard InChI is InChI=1S/C54H47NO/c1-53(2,3)40-33-41(54(4,5)6)35-43(34-40)55(42-22-14-21-38(31-42)39-29-30-51-48(32-39)46-24-11-13-28-50(46)56-51)49-27-12-10-23-45(49)47-26-16-20-37-19-15-25-44(52(37)47)36-17-8-7-9-18-36/h7-35H,1-6H3. The van der Waals surface area contributed by atoms with Crippen LogP contribution in [0.3, 0.4) is 0 Å². The second-order valence-corrected chi connectivity index (χ2v) is 17.1. The minimum atomic E-state index is -0.0496. The van der Waals surface area contributed by atoms with Crippen molar-refractivity contribution in [2.24, 2.45) is 0 Å². The molecular formula is C54H47NO. The fraction of sp³-hybridized carbons (Fsp3) is 0.148. The monoisotopic (exact) mass is 725 g/mol. The van der Waals surface area contributed by atoms with Gasteiger partial charge >= 0.3 is 0 Å². The molecule has 1 aromatic heterocycles. The first kappa shape index (κ1) is 35.3. The zero-order chi connectivity index (χ0) is 38.6. The molecule has 0 atom stereocenters. The van der Waals surface area contributed by atoms with Gasteiger partial charge in [0, 0.05) is 27.7 Å². The average molecular weight is 726 g/mol. The van der Waals surface area contributed by atoms with E-state index in [1.165, 1.54) is 44.2 Å². The zero-order valence-electron chi connectivity index (χ0n) is 33.1. The number of furan rings is 1. The van der Waals surface area contributed by atoms with Crippen LogP contribution in [0.15, 0.2) is 180 Å². The molecule has 9 aromatic rings. The maximum absolute atomic E-state index is 6.21. The Kier molecular flexibility index (Phi) is 8.66. The van der Waals surface area contributed by atoms with E-state index in [4.69, 9.17) is 4.42 Å². The molecule has 0 bridgehead atoms. The van der Waals surface area contributed by atoms with Crippen LogP contribution >= 0.6 is 0 Å². The normalized spacial score (nSPS) is 12.1. The molecule has 0 saturated carbocycles. The molecule has 0 fully saturated rings. The molecule has 0 saturated heterocycles. The Morgan fingerprint density at radius 3 is 1.73 bits per heavy atom. The Labute approximate surface area is 330 Å². The molecule has 1 heterocycles. The molecule has 2 nitrogen and oxygen atoms in total. The summed E-state index contributed by atoms with van der Waals surface area (Å²) in [6, 6.07) is 64.2. The number of para-hydroxylation sites is 2. The molecule has 0 unspecified atom stereocenters. The lowest BCUT2D eigenvalue weighted by molar-refractivity contribution is 0.569. The fourth-order valence-corrected chi connectivity index (χ4v) is 8.08. The topological polar surface area (TPSA) is 16.4 Å². The Morgan fingerprint density at radius 1 is 0.393 bits per heavy atom. The van der Waals surface area contributed by atoms with E-state index in [1.807, 2.05) is 12.1 Å². The van der Waals surface area contributed by atoms with Crippen LogP contribution in [0.5, 0.6) is 0 Å². The lowest BCUT2D eigenvalue weighted by Crippen LogP contribution is -2.19. The summed E-state index contributed by atoms with van der Waals surface area (Å²) in [6.45, 7) is 13.9. The van der Waals surface area contributed by atoms with Gasteiger partial charge < -0.3 is 9.32 Å². The smallest absolute Gasteiger partial charge is 0.135 e. The summed E-state index contributed by atoms with van der Waals surface area (Å²) in [7, 11) is 0. The van der Waals surface area contributed by atoms with Crippen LogP contribution in [-0.2, 0) is 10.8 Å². The van der Waals surface area contributed by atoms with Gasteiger partial charge in [-0.2, -0.15) is 0 Å². The highest BCUT2D eigenvalue weighted by molar-refractivity contribution is 6.09. The summed E-state index contributed by atoms with van der Waals surface area (Å²) in [5.41, 5.74) is 14.8. The Hall–Kier alpha value is -6.38. The van der Waals surface area contributed by atoms with Crippen molar-refractivity contribution in [1.82, 2.24) is 0 Å². The molecule has 0 aliphatic carbocycles. The summed E-state index contributed by atoms with van der Waals surface area (Å²) < 4.78 is 6.21. The van der Waals surface area contributed by atoms with Crippen LogP contribution in [-0.4, -0.2) is 0 Å². The highest BCUT2D eigenvalue weighted by atomic mass is 16.3. The molecule has 0 N–H and O–H groups in total. The van der Waals surface area contributed by atoms with Crippen LogP contribution in [0.2, 0.25) is 0 Å². The first-order valence-electron chi connectivity index (χ1n) is 19.7. The molecule has 0 radical (unpaired) electrons. The third kappa shape index (κ3) is 6.46. The Balaban J connectivity index is 1.30. The van der Waals surface area contributed by atoms with Crippen LogP contribution in [0.1, 0.15) is 52.7 Å². The van der Waals surface area contributed by atoms with Crippen molar-refractivity contribution in [3.8, 4) is 33.4 Å². The molecule has 0 spiro atoms. The van der Waals surface area contributed by atoms with Crippen molar-refractivity contribution in [2.75, 3.05) is 4.90 Å². The number of hydrogen-bond acceptors (Lipinski definition) is 2. The summed E-state index contributed by atoms with van der Waals surface area (Å²) >= 11 is 0. The second kappa shape index (κ2) is 13.7. The average Bonchev–Trinajstić information content (AvgIpc) is 3.58. The van der Waals surface area contributed by atoms with Crippen molar-refractivity contribution in [3.05, 3.63) is 187 Å². The van der Waals surface area contributed by atoms with E-state index in [0.29, 0.717) is 0 Å². The van der Waals surface area contributed by atoms with Crippen molar-refractivity contribution in [1.29, 1.82) is 0 Å². The largest absolute Gasteiger partial charge is 0.456 e. The van der Waals surface area contributed by atoms with E-state index in [9.17, 15) is 0 Å². The van der Waals surface area contributed by atoms with Crippen molar-refractivity contribution in [2.45, 2.75) is 52.4 Å². The number of benzene rings is 8. The minimum Gasteiger partial charge on any atom is -0.456 e. The van der Waals surface area contributed by atoms with Gasteiger partial charge in [0.2, 0.25) is 0 Å². The molecule has 8 aromatic carbocycles. The van der Waals surface area contributed by atoms with Gasteiger partial charge in [0.1, 0.15) is 11.2 Å². The van der Waals surface area contributed by atoms with Gasteiger partial charge in [0.25, 0.3) is 0 Å². The molecule has 56 heavy (non-hydrogen) atoms. The molecular weight excluding hydrogens is 679 g/mol. The molecule has 2 heteroatoms. The highest BCUT2D eigenvalue weighted by Crippen LogP contribution is 2.47. The SMILES string of the molecule is CC(C)(C)c1cc(N(c2cccc(-c3ccc4oc5ccccc5c4c3)c2)c2ccccc2-c2cccc3cccc(-c4ccccc4)c23)cc(C(C)(C)C)c1. The number of fused-ring (bicyclic) bond motifs is 4. The lowest BCUT2D eigenvalue weighted by atomic mass is 9.80. The highest BCUT2D eigenvalue weighted by Gasteiger charge is 2.25. The van der Waals surface area contributed by atoms with E-state index in [0.717, 1.165) is 50.1 Å². The predicted octanol–water partition coefficient (Wildman–Crippen LogP) is 15.8. The van der Waals surface area contributed by atoms with E-state index >= 15 is 0 Å². The summed E-state index contributed by atoms with van der Waals surface area (Å²) in [4.78, 5) is 2.49. The minimum absolute atomic E-state index is 0.0496. The van der Waals surface area contributed by atoms with E-state index in [2.05, 4.69) is 210 Å². The number of hydrogen-bond donors (Lipinski definition) is 0. The second-order valence-electron chi connectivity index (χ2n) is 17.1. The van der Waals surface area contributed by atoms with E-state index in [1.54, 1.807) is 0 Å². The van der Waals surface area contributed by atoms with Gasteiger partial charge in [0.05, 0.1) is 5.69 Å². The van der Waals surface area contributed by atoms with Crippen LogP contribution in [0.25, 0.3) is 66.1 Å². The molecule has 0 aliphatic rings. The molecule has 0 aliphatic heterocycles. The van der Waals surface area contributed by atoms with Gasteiger partial charge in [-0.25, -0.2) is 0 Å². The maximum atomic E-state index is 6.21. The molecule has 0 amide bonds. The van der Waals surface area contributed by atoms with Crippen molar-refractivity contribution in [3.63, 3.8) is 0 Å². The van der Waals surface area contributed by atoms with Crippen LogP contribution < -0.4 is 4.90 Å². The molecule has 9 rings (SSSR count). The third-order valence-corrected chi connectivity index (χ3v) is 11.1. The van der Waals surface area contributed by atoms with Gasteiger partial charge in [-0.05, 0) is 109 Å².